The van der Waals surface area contributed by atoms with Gasteiger partial charge in [0.25, 0.3) is 0 Å². The molecule has 1 heterocycles. The Morgan fingerprint density at radius 3 is 2.45 bits per heavy atom. The predicted octanol–water partition coefficient (Wildman–Crippen LogP) is 2.14. The van der Waals surface area contributed by atoms with E-state index in [1.807, 2.05) is 35.2 Å². The summed E-state index contributed by atoms with van der Waals surface area (Å²) in [5.41, 5.74) is 6.47. The van der Waals surface area contributed by atoms with Crippen molar-refractivity contribution in [1.82, 2.24) is 10.2 Å². The number of hydrogen-bond acceptors (Lipinski definition) is 5. The number of esters is 1. The van der Waals surface area contributed by atoms with Crippen LogP contribution in [0.2, 0.25) is 0 Å². The van der Waals surface area contributed by atoms with Crippen molar-refractivity contribution < 1.29 is 19.1 Å². The Bertz CT molecular complexity index is 645. The normalized spacial score (nSPS) is 14.4. The monoisotopic (exact) mass is 403 g/mol. The molecule has 2 rings (SSSR count). The standard InChI is InChI=1S/C22H33N3O4/c23-14-5-4-11-19(22(28)25-15-6-7-16-25)24-20(26)12-8-13-21(27)29-17-18-9-2-1-3-10-18/h1-3,9-10,19H,4-8,11-17,23H2,(H,24,26)/t19-/m0/s1. The number of nitrogens with zero attached hydrogens (tertiary/aromatic N) is 1. The lowest BCUT2D eigenvalue weighted by Crippen LogP contribution is -2.47. The van der Waals surface area contributed by atoms with Crippen LogP contribution in [-0.4, -0.2) is 48.4 Å². The molecule has 7 nitrogen and oxygen atoms in total. The highest BCUT2D eigenvalue weighted by Crippen LogP contribution is 2.13. The maximum Gasteiger partial charge on any atom is 0.306 e. The highest BCUT2D eigenvalue weighted by atomic mass is 16.5. The van der Waals surface area contributed by atoms with Crippen molar-refractivity contribution in [2.45, 2.75) is 64.0 Å². The number of likely N-dealkylation sites (tertiary alicyclic amines) is 1. The first-order chi connectivity index (χ1) is 14.1. The first kappa shape index (κ1) is 22.9. The molecular weight excluding hydrogens is 370 g/mol. The van der Waals surface area contributed by atoms with Gasteiger partial charge in [-0.25, -0.2) is 0 Å². The van der Waals surface area contributed by atoms with Gasteiger partial charge in [0.15, 0.2) is 0 Å². The molecule has 1 aliphatic rings. The second-order valence-corrected chi connectivity index (χ2v) is 7.44. The number of benzene rings is 1. The lowest BCUT2D eigenvalue weighted by atomic mass is 10.1. The molecule has 3 N–H and O–H groups in total. The fraction of sp³-hybridized carbons (Fsp3) is 0.591. The zero-order valence-corrected chi connectivity index (χ0v) is 17.1. The third kappa shape index (κ3) is 8.64. The summed E-state index contributed by atoms with van der Waals surface area (Å²) in [6.07, 6.45) is 5.02. The van der Waals surface area contributed by atoms with Crippen LogP contribution in [0.25, 0.3) is 0 Å². The van der Waals surface area contributed by atoms with Crippen molar-refractivity contribution in [2.24, 2.45) is 5.73 Å². The average Bonchev–Trinajstić information content (AvgIpc) is 3.27. The van der Waals surface area contributed by atoms with E-state index in [1.54, 1.807) is 0 Å². The zero-order chi connectivity index (χ0) is 20.9. The molecule has 1 fully saturated rings. The van der Waals surface area contributed by atoms with Crippen LogP contribution in [0, 0.1) is 0 Å². The van der Waals surface area contributed by atoms with Crippen molar-refractivity contribution in [2.75, 3.05) is 19.6 Å². The minimum absolute atomic E-state index is 0.00450. The molecule has 1 aliphatic heterocycles. The highest BCUT2D eigenvalue weighted by molar-refractivity contribution is 5.87. The van der Waals surface area contributed by atoms with Crippen LogP contribution < -0.4 is 11.1 Å². The van der Waals surface area contributed by atoms with Crippen LogP contribution in [0.1, 0.15) is 56.9 Å². The number of hydrogen-bond donors (Lipinski definition) is 2. The highest BCUT2D eigenvalue weighted by Gasteiger charge is 2.27. The Balaban J connectivity index is 1.70. The van der Waals surface area contributed by atoms with Gasteiger partial charge in [-0.3, -0.25) is 14.4 Å². The molecule has 160 valence electrons. The van der Waals surface area contributed by atoms with Crippen molar-refractivity contribution in [3.8, 4) is 0 Å². The summed E-state index contributed by atoms with van der Waals surface area (Å²) in [7, 11) is 0. The Hall–Kier alpha value is -2.41. The molecule has 1 aromatic carbocycles. The van der Waals surface area contributed by atoms with E-state index in [1.165, 1.54) is 0 Å². The van der Waals surface area contributed by atoms with E-state index >= 15 is 0 Å². The van der Waals surface area contributed by atoms with Crippen LogP contribution in [0.5, 0.6) is 0 Å². The summed E-state index contributed by atoms with van der Waals surface area (Å²) in [5.74, 6) is -0.532. The lowest BCUT2D eigenvalue weighted by molar-refractivity contribution is -0.145. The Kier molecular flexibility index (Phi) is 10.2. The maximum absolute atomic E-state index is 12.7. The fourth-order valence-electron chi connectivity index (χ4n) is 3.38. The van der Waals surface area contributed by atoms with Gasteiger partial charge >= 0.3 is 5.97 Å². The third-order valence-corrected chi connectivity index (χ3v) is 5.03. The van der Waals surface area contributed by atoms with Crippen molar-refractivity contribution in [3.05, 3.63) is 35.9 Å². The summed E-state index contributed by atoms with van der Waals surface area (Å²) in [6, 6.07) is 8.96. The van der Waals surface area contributed by atoms with Gasteiger partial charge in [0.1, 0.15) is 12.6 Å². The molecule has 29 heavy (non-hydrogen) atoms. The minimum atomic E-state index is -0.503. The number of carbonyl (C=O) groups is 3. The van der Waals surface area contributed by atoms with Gasteiger partial charge in [0.2, 0.25) is 11.8 Å². The van der Waals surface area contributed by atoms with E-state index in [0.717, 1.165) is 44.3 Å². The van der Waals surface area contributed by atoms with Gasteiger partial charge in [0, 0.05) is 25.9 Å². The molecule has 0 saturated carbocycles. The molecule has 0 bridgehead atoms. The van der Waals surface area contributed by atoms with Gasteiger partial charge in [0.05, 0.1) is 0 Å². The summed E-state index contributed by atoms with van der Waals surface area (Å²) in [4.78, 5) is 38.7. The smallest absolute Gasteiger partial charge is 0.306 e. The summed E-state index contributed by atoms with van der Waals surface area (Å²) >= 11 is 0. The third-order valence-electron chi connectivity index (χ3n) is 5.03. The molecule has 0 aliphatic carbocycles. The van der Waals surface area contributed by atoms with E-state index in [9.17, 15) is 14.4 Å². The van der Waals surface area contributed by atoms with E-state index in [2.05, 4.69) is 5.32 Å². The van der Waals surface area contributed by atoms with E-state index in [-0.39, 0.29) is 37.2 Å². The molecule has 2 amide bonds. The van der Waals surface area contributed by atoms with Gasteiger partial charge in [-0.2, -0.15) is 0 Å². The van der Waals surface area contributed by atoms with Crippen LogP contribution in [-0.2, 0) is 25.7 Å². The molecule has 1 atom stereocenters. The maximum atomic E-state index is 12.7. The second-order valence-electron chi connectivity index (χ2n) is 7.44. The largest absolute Gasteiger partial charge is 0.461 e. The Morgan fingerprint density at radius 1 is 1.03 bits per heavy atom. The molecule has 0 radical (unpaired) electrons. The number of unbranched alkanes of at least 4 members (excludes halogenated alkanes) is 1. The van der Waals surface area contributed by atoms with E-state index in [0.29, 0.717) is 19.4 Å². The molecule has 0 spiro atoms. The zero-order valence-electron chi connectivity index (χ0n) is 17.1. The van der Waals surface area contributed by atoms with Gasteiger partial charge in [-0.05, 0) is 50.6 Å². The SMILES string of the molecule is NCCCC[C@H](NC(=O)CCCC(=O)OCc1ccccc1)C(=O)N1CCCC1. The van der Waals surface area contributed by atoms with Crippen molar-refractivity contribution in [1.29, 1.82) is 0 Å². The van der Waals surface area contributed by atoms with Gasteiger partial charge in [-0.15, -0.1) is 0 Å². The van der Waals surface area contributed by atoms with E-state index in [4.69, 9.17) is 10.5 Å². The topological polar surface area (TPSA) is 102 Å². The first-order valence-electron chi connectivity index (χ1n) is 10.6. The van der Waals surface area contributed by atoms with Crippen LogP contribution in [0.15, 0.2) is 30.3 Å². The number of nitrogens with two attached hydrogens (primary N) is 1. The second kappa shape index (κ2) is 12.9. The quantitative estimate of drug-likeness (QED) is 0.411. The van der Waals surface area contributed by atoms with E-state index < -0.39 is 6.04 Å². The number of ether oxygens (including phenoxy) is 1. The first-order valence-corrected chi connectivity index (χ1v) is 10.6. The van der Waals surface area contributed by atoms with Gasteiger partial charge in [-0.1, -0.05) is 30.3 Å². The van der Waals surface area contributed by atoms with Crippen molar-refractivity contribution in [3.63, 3.8) is 0 Å². The summed E-state index contributed by atoms with van der Waals surface area (Å²) < 4.78 is 5.22. The van der Waals surface area contributed by atoms with Gasteiger partial charge < -0.3 is 20.7 Å². The number of rotatable bonds is 12. The number of nitrogens with one attached hydrogen (secondary N) is 1. The predicted molar refractivity (Wildman–Crippen MR) is 111 cm³/mol. The molecule has 0 unspecified atom stereocenters. The molecule has 0 aromatic heterocycles. The molecular formula is C22H33N3O4. The number of carbonyl (C=O) groups excluding carboxylic acids is 3. The lowest BCUT2D eigenvalue weighted by Gasteiger charge is -2.24. The number of amides is 2. The average molecular weight is 404 g/mol. The summed E-state index contributed by atoms with van der Waals surface area (Å²) in [6.45, 7) is 2.33. The Labute approximate surface area is 173 Å². The van der Waals surface area contributed by atoms with Crippen LogP contribution >= 0.6 is 0 Å². The molecule has 1 saturated heterocycles. The Morgan fingerprint density at radius 2 is 1.76 bits per heavy atom. The van der Waals surface area contributed by atoms with Crippen LogP contribution in [0.3, 0.4) is 0 Å². The summed E-state index contributed by atoms with van der Waals surface area (Å²) in [5, 5.41) is 2.86. The molecule has 1 aromatic rings. The minimum Gasteiger partial charge on any atom is -0.461 e. The van der Waals surface area contributed by atoms with Crippen molar-refractivity contribution >= 4 is 17.8 Å². The fourth-order valence-corrected chi connectivity index (χ4v) is 3.38. The molecule has 7 heteroatoms. The van der Waals surface area contributed by atoms with Crippen LogP contribution in [0.4, 0.5) is 0 Å².